The van der Waals surface area contributed by atoms with Crippen molar-refractivity contribution in [3.63, 3.8) is 0 Å². The Bertz CT molecular complexity index is 619. The molecule has 5 atom stereocenters. The standard InChI is InChI=1S/C10H12FN3O5/c1-8(17)6(14-3-2-4(12)13-7(14)16)19-10(11)5(15)9(8,10)18/h2-3,5-6,15,17-18H,1H3,(H2,12,13,16)/t5?,6-,8+,9-,10-/m1/s1. The van der Waals surface area contributed by atoms with E-state index in [2.05, 4.69) is 4.98 Å². The van der Waals surface area contributed by atoms with Crippen molar-refractivity contribution < 1.29 is 24.4 Å². The predicted molar refractivity (Wildman–Crippen MR) is 58.5 cm³/mol. The van der Waals surface area contributed by atoms with E-state index in [9.17, 15) is 24.5 Å². The lowest BCUT2D eigenvalue weighted by Crippen LogP contribution is -2.50. The van der Waals surface area contributed by atoms with E-state index in [1.807, 2.05) is 0 Å². The zero-order valence-electron chi connectivity index (χ0n) is 9.82. The molecule has 19 heavy (non-hydrogen) atoms. The second kappa shape index (κ2) is 3.12. The molecule has 1 aliphatic carbocycles. The van der Waals surface area contributed by atoms with Crippen molar-refractivity contribution in [2.75, 3.05) is 5.73 Å². The number of aromatic nitrogens is 2. The van der Waals surface area contributed by atoms with Gasteiger partial charge in [-0.05, 0) is 13.0 Å². The van der Waals surface area contributed by atoms with Gasteiger partial charge in [0.2, 0.25) is 0 Å². The molecule has 2 fully saturated rings. The van der Waals surface area contributed by atoms with Crippen LogP contribution in [0.2, 0.25) is 0 Å². The summed E-state index contributed by atoms with van der Waals surface area (Å²) >= 11 is 0. The highest BCUT2D eigenvalue weighted by Crippen LogP contribution is 2.67. The van der Waals surface area contributed by atoms with Gasteiger partial charge in [0.1, 0.15) is 11.4 Å². The molecule has 0 bridgehead atoms. The zero-order valence-corrected chi connectivity index (χ0v) is 9.82. The fraction of sp³-hybridized carbons (Fsp3) is 0.600. The Morgan fingerprint density at radius 3 is 2.68 bits per heavy atom. The first kappa shape index (κ1) is 12.5. The fourth-order valence-electron chi connectivity index (χ4n) is 2.56. The number of nitrogen functional groups attached to an aromatic ring is 1. The number of aliphatic hydroxyl groups excluding tert-OH is 1. The van der Waals surface area contributed by atoms with Gasteiger partial charge in [-0.3, -0.25) is 4.57 Å². The van der Waals surface area contributed by atoms with Gasteiger partial charge in [-0.25, -0.2) is 9.18 Å². The molecule has 0 radical (unpaired) electrons. The molecule has 0 aromatic carbocycles. The summed E-state index contributed by atoms with van der Waals surface area (Å²) in [5.74, 6) is -2.85. The summed E-state index contributed by atoms with van der Waals surface area (Å²) in [6.45, 7) is 1.07. The molecule has 1 saturated carbocycles. The Morgan fingerprint density at radius 1 is 1.58 bits per heavy atom. The summed E-state index contributed by atoms with van der Waals surface area (Å²) < 4.78 is 19.7. The molecule has 104 valence electrons. The number of nitrogens with two attached hydrogens (primary N) is 1. The summed E-state index contributed by atoms with van der Waals surface area (Å²) in [4.78, 5) is 15.1. The van der Waals surface area contributed by atoms with Gasteiger partial charge in [-0.1, -0.05) is 0 Å². The van der Waals surface area contributed by atoms with Crippen molar-refractivity contribution >= 4 is 5.82 Å². The maximum atomic E-state index is 14.1. The molecule has 0 amide bonds. The molecule has 2 heterocycles. The van der Waals surface area contributed by atoms with Crippen LogP contribution < -0.4 is 11.4 Å². The number of aliphatic hydroxyl groups is 3. The van der Waals surface area contributed by atoms with Crippen LogP contribution in [0.3, 0.4) is 0 Å². The van der Waals surface area contributed by atoms with Gasteiger partial charge >= 0.3 is 5.69 Å². The number of nitrogens with zero attached hydrogens (tertiary/aromatic N) is 2. The number of alkyl halides is 1. The van der Waals surface area contributed by atoms with E-state index in [0.717, 1.165) is 17.7 Å². The normalized spacial score (nSPS) is 48.1. The van der Waals surface area contributed by atoms with Gasteiger partial charge in [-0.2, -0.15) is 4.98 Å². The Labute approximate surface area is 105 Å². The topological polar surface area (TPSA) is 131 Å². The van der Waals surface area contributed by atoms with Crippen LogP contribution in [0.4, 0.5) is 10.2 Å². The molecule has 0 spiro atoms. The molecule has 1 aromatic heterocycles. The van der Waals surface area contributed by atoms with E-state index in [1.165, 1.54) is 6.07 Å². The van der Waals surface area contributed by atoms with Crippen molar-refractivity contribution in [2.24, 2.45) is 0 Å². The molecule has 9 heteroatoms. The third-order valence-electron chi connectivity index (χ3n) is 3.82. The second-order valence-corrected chi connectivity index (χ2v) is 4.97. The number of fused-ring (bicyclic) bond motifs is 1. The largest absolute Gasteiger partial charge is 0.384 e. The summed E-state index contributed by atoms with van der Waals surface area (Å²) in [5, 5.41) is 29.5. The first-order chi connectivity index (χ1) is 8.66. The molecule has 1 aliphatic heterocycles. The molecule has 3 rings (SSSR count). The van der Waals surface area contributed by atoms with Crippen molar-refractivity contribution in [1.82, 2.24) is 9.55 Å². The van der Waals surface area contributed by atoms with Crippen LogP contribution in [-0.2, 0) is 4.74 Å². The predicted octanol–water partition coefficient (Wildman–Crippen LogP) is -2.12. The highest BCUT2D eigenvalue weighted by Gasteiger charge is 2.93. The van der Waals surface area contributed by atoms with Crippen molar-refractivity contribution in [3.05, 3.63) is 22.7 Å². The molecule has 5 N–H and O–H groups in total. The van der Waals surface area contributed by atoms with Crippen LogP contribution in [0.5, 0.6) is 0 Å². The molecule has 1 aromatic rings. The van der Waals surface area contributed by atoms with Gasteiger partial charge in [0.05, 0.1) is 0 Å². The lowest BCUT2D eigenvalue weighted by Gasteiger charge is -2.31. The van der Waals surface area contributed by atoms with Gasteiger partial charge in [0.15, 0.2) is 17.9 Å². The molecule has 1 saturated heterocycles. The van der Waals surface area contributed by atoms with Gasteiger partial charge < -0.3 is 25.8 Å². The van der Waals surface area contributed by atoms with Gasteiger partial charge in [0, 0.05) is 6.20 Å². The lowest BCUT2D eigenvalue weighted by molar-refractivity contribution is -0.183. The highest BCUT2D eigenvalue weighted by atomic mass is 19.2. The van der Waals surface area contributed by atoms with Crippen LogP contribution in [-0.4, -0.2) is 48.0 Å². The minimum absolute atomic E-state index is 0.0437. The Balaban J connectivity index is 2.08. The van der Waals surface area contributed by atoms with Crippen LogP contribution in [0, 0.1) is 0 Å². The number of anilines is 1. The fourth-order valence-corrected chi connectivity index (χ4v) is 2.56. The van der Waals surface area contributed by atoms with Crippen LogP contribution in [0.25, 0.3) is 0 Å². The van der Waals surface area contributed by atoms with Crippen molar-refractivity contribution in [3.8, 4) is 0 Å². The zero-order chi connectivity index (χ0) is 14.2. The molecule has 2 aliphatic rings. The summed E-state index contributed by atoms with van der Waals surface area (Å²) in [7, 11) is 0. The van der Waals surface area contributed by atoms with Crippen LogP contribution in [0.1, 0.15) is 13.2 Å². The minimum Gasteiger partial charge on any atom is -0.384 e. The smallest absolute Gasteiger partial charge is 0.351 e. The van der Waals surface area contributed by atoms with Crippen molar-refractivity contribution in [1.29, 1.82) is 0 Å². The van der Waals surface area contributed by atoms with Crippen LogP contribution >= 0.6 is 0 Å². The van der Waals surface area contributed by atoms with Gasteiger partial charge in [-0.15, -0.1) is 0 Å². The quantitative estimate of drug-likeness (QED) is 0.460. The van der Waals surface area contributed by atoms with E-state index >= 15 is 0 Å². The summed E-state index contributed by atoms with van der Waals surface area (Å²) in [6, 6.07) is 1.26. The van der Waals surface area contributed by atoms with E-state index in [-0.39, 0.29) is 5.82 Å². The van der Waals surface area contributed by atoms with Crippen LogP contribution in [0.15, 0.2) is 17.1 Å². The average molecular weight is 273 g/mol. The van der Waals surface area contributed by atoms with Gasteiger partial charge in [0.25, 0.3) is 5.85 Å². The lowest BCUT2D eigenvalue weighted by atomic mass is 9.95. The SMILES string of the molecule is C[C@]1(O)[C@H](n2ccc(N)nc2=O)O[C@]2(F)C(O)[C@@]12O. The van der Waals surface area contributed by atoms with E-state index < -0.39 is 35.1 Å². The minimum atomic E-state index is -2.80. The summed E-state index contributed by atoms with van der Waals surface area (Å²) in [6.07, 6.45) is -2.23. The number of hydrogen-bond donors (Lipinski definition) is 4. The maximum Gasteiger partial charge on any atom is 0.351 e. The monoisotopic (exact) mass is 273 g/mol. The number of ether oxygens (including phenoxy) is 1. The van der Waals surface area contributed by atoms with E-state index in [0.29, 0.717) is 0 Å². The molecule has 8 nitrogen and oxygen atoms in total. The molecular weight excluding hydrogens is 261 g/mol. The molecule has 1 unspecified atom stereocenters. The number of rotatable bonds is 1. The molecular formula is C10H12FN3O5. The number of hydrogen-bond acceptors (Lipinski definition) is 7. The maximum absolute atomic E-state index is 14.1. The summed E-state index contributed by atoms with van der Waals surface area (Å²) in [5.41, 5.74) is -0.241. The Kier molecular flexibility index (Phi) is 2.05. The number of halogens is 1. The van der Waals surface area contributed by atoms with E-state index in [1.54, 1.807) is 0 Å². The Morgan fingerprint density at radius 2 is 2.21 bits per heavy atom. The highest BCUT2D eigenvalue weighted by molar-refractivity contribution is 5.35. The van der Waals surface area contributed by atoms with E-state index in [4.69, 9.17) is 10.5 Å². The third-order valence-corrected chi connectivity index (χ3v) is 3.82. The third kappa shape index (κ3) is 1.16. The first-order valence-electron chi connectivity index (χ1n) is 5.50. The second-order valence-electron chi connectivity index (χ2n) is 4.97. The van der Waals surface area contributed by atoms with Crippen molar-refractivity contribution in [2.45, 2.75) is 36.3 Å². The first-order valence-corrected chi connectivity index (χ1v) is 5.50. The average Bonchev–Trinajstić information content (AvgIpc) is 2.67. The Hall–Kier alpha value is -1.55.